The summed E-state index contributed by atoms with van der Waals surface area (Å²) in [6, 6.07) is 0. The highest BCUT2D eigenvalue weighted by molar-refractivity contribution is 8.93. The molecule has 0 aromatic carbocycles. The summed E-state index contributed by atoms with van der Waals surface area (Å²) in [5, 5.41) is 17.4. The molecule has 0 aliphatic heterocycles. The number of carboxylic acids is 2. The first-order chi connectivity index (χ1) is 27.2. The highest BCUT2D eigenvalue weighted by Gasteiger charge is 2.15. The third-order valence-electron chi connectivity index (χ3n) is 11.3. The highest BCUT2D eigenvalue weighted by Crippen LogP contribution is 2.18. The Morgan fingerprint density at radius 3 is 0.862 bits per heavy atom. The van der Waals surface area contributed by atoms with Gasteiger partial charge in [0.2, 0.25) is 0 Å². The van der Waals surface area contributed by atoms with Gasteiger partial charge >= 0.3 is 11.9 Å². The van der Waals surface area contributed by atoms with Crippen molar-refractivity contribution in [1.29, 1.82) is 0 Å². The quantitative estimate of drug-likeness (QED) is 0.0593. The van der Waals surface area contributed by atoms with Crippen LogP contribution >= 0.6 is 34.0 Å². The van der Waals surface area contributed by atoms with E-state index < -0.39 is 11.9 Å². The van der Waals surface area contributed by atoms with Crippen molar-refractivity contribution < 1.29 is 19.8 Å². The molecule has 0 rings (SSSR count). The fourth-order valence-corrected chi connectivity index (χ4v) is 7.26. The maximum absolute atomic E-state index is 10.9. The second kappa shape index (κ2) is 58.9. The molecule has 0 amide bonds. The van der Waals surface area contributed by atoms with Crippen molar-refractivity contribution in [1.82, 2.24) is 9.80 Å². The topological polar surface area (TPSA) is 81.1 Å². The van der Waals surface area contributed by atoms with E-state index in [4.69, 9.17) is 10.2 Å². The van der Waals surface area contributed by atoms with Gasteiger partial charge in [0, 0.05) is 6.42 Å². The summed E-state index contributed by atoms with van der Waals surface area (Å²) in [4.78, 5) is 26.2. The second-order valence-electron chi connectivity index (χ2n) is 17.3. The van der Waals surface area contributed by atoms with Crippen LogP contribution in [0.2, 0.25) is 0 Å². The molecule has 8 heteroatoms. The highest BCUT2D eigenvalue weighted by atomic mass is 79.9. The number of rotatable bonds is 42. The van der Waals surface area contributed by atoms with Gasteiger partial charge in [-0.15, -0.1) is 34.0 Å². The van der Waals surface area contributed by atoms with Crippen LogP contribution in [-0.2, 0) is 9.59 Å². The van der Waals surface area contributed by atoms with E-state index in [1.165, 1.54) is 206 Å². The monoisotopic (exact) mass is 957 g/mol. The van der Waals surface area contributed by atoms with Gasteiger partial charge < -0.3 is 20.0 Å². The van der Waals surface area contributed by atoms with Crippen LogP contribution in [0.4, 0.5) is 0 Å². The standard InChI is InChI=1S/2C19H41N.C12H22O4.2BrH/c2*1-4-6-8-10-12-14-16-18-20(3)19-17-15-13-11-9-7-5-2;1-2-3-7-10(12(15)16)8-5-4-6-9-11(13)14;;/h2*4-19H2,1-3H3;10H,2-9H2,1H3,(H,13,14)(H,15,16);2*1H. The summed E-state index contributed by atoms with van der Waals surface area (Å²) >= 11 is 0. The molecule has 1 unspecified atom stereocenters. The lowest BCUT2D eigenvalue weighted by Gasteiger charge is -2.16. The molecular weight excluding hydrogens is 852 g/mol. The smallest absolute Gasteiger partial charge is 0.306 e. The molecule has 2 N–H and O–H groups in total. The number of carboxylic acid groups (broad SMARTS) is 2. The molecule has 6 nitrogen and oxygen atoms in total. The summed E-state index contributed by atoms with van der Waals surface area (Å²) in [6.45, 7) is 16.4. The van der Waals surface area contributed by atoms with E-state index in [-0.39, 0.29) is 46.3 Å². The molecule has 0 heterocycles. The van der Waals surface area contributed by atoms with Gasteiger partial charge in [0.25, 0.3) is 0 Å². The minimum atomic E-state index is -0.777. The van der Waals surface area contributed by atoms with Crippen LogP contribution in [-0.4, -0.2) is 72.2 Å². The number of halogens is 2. The van der Waals surface area contributed by atoms with E-state index in [9.17, 15) is 9.59 Å². The summed E-state index contributed by atoms with van der Waals surface area (Å²) in [5.74, 6) is -1.74. The Bertz CT molecular complexity index is 687. The Balaban J connectivity index is -0.000000240. The molecule has 0 aliphatic carbocycles. The first kappa shape index (κ1) is 66.9. The van der Waals surface area contributed by atoms with Crippen LogP contribution in [0.5, 0.6) is 0 Å². The maximum Gasteiger partial charge on any atom is 0.306 e. The Hall–Kier alpha value is -0.180. The maximum atomic E-state index is 10.9. The lowest BCUT2D eigenvalue weighted by molar-refractivity contribution is -0.142. The van der Waals surface area contributed by atoms with Gasteiger partial charge in [-0.1, -0.05) is 214 Å². The Morgan fingerprint density at radius 2 is 0.603 bits per heavy atom. The summed E-state index contributed by atoms with van der Waals surface area (Å²) in [6.07, 6.45) is 45.8. The molecule has 354 valence electrons. The van der Waals surface area contributed by atoms with Crippen LogP contribution in [0.25, 0.3) is 0 Å². The van der Waals surface area contributed by atoms with Crippen molar-refractivity contribution in [2.24, 2.45) is 5.92 Å². The van der Waals surface area contributed by atoms with Crippen molar-refractivity contribution in [3.05, 3.63) is 0 Å². The van der Waals surface area contributed by atoms with E-state index in [2.05, 4.69) is 51.6 Å². The van der Waals surface area contributed by atoms with E-state index >= 15 is 0 Å². The zero-order valence-corrected chi connectivity index (χ0v) is 43.7. The molecule has 0 saturated heterocycles. The predicted octanol–water partition coefficient (Wildman–Crippen LogP) is 16.9. The Morgan fingerprint density at radius 1 is 0.362 bits per heavy atom. The first-order valence-corrected chi connectivity index (χ1v) is 25.0. The largest absolute Gasteiger partial charge is 0.481 e. The minimum Gasteiger partial charge on any atom is -0.481 e. The number of nitrogens with zero attached hydrogens (tertiary/aromatic N) is 2. The average Bonchev–Trinajstić information content (AvgIpc) is 3.17. The minimum absolute atomic E-state index is 0. The summed E-state index contributed by atoms with van der Waals surface area (Å²) in [7, 11) is 4.60. The van der Waals surface area contributed by atoms with Crippen molar-refractivity contribution in [3.8, 4) is 0 Å². The number of unbranched alkanes of at least 4 members (excludes halogenated alkanes) is 27. The third-order valence-corrected chi connectivity index (χ3v) is 11.3. The van der Waals surface area contributed by atoms with Gasteiger partial charge in [-0.05, 0) is 85.2 Å². The molecule has 58 heavy (non-hydrogen) atoms. The fourth-order valence-electron chi connectivity index (χ4n) is 7.26. The summed E-state index contributed by atoms with van der Waals surface area (Å²) in [5.41, 5.74) is 0. The van der Waals surface area contributed by atoms with Crippen molar-refractivity contribution in [2.75, 3.05) is 40.3 Å². The normalized spacial score (nSPS) is 11.3. The van der Waals surface area contributed by atoms with E-state index in [1.54, 1.807) is 0 Å². The van der Waals surface area contributed by atoms with Crippen LogP contribution in [0.15, 0.2) is 0 Å². The molecule has 0 aromatic heterocycles. The molecule has 0 aromatic rings. The van der Waals surface area contributed by atoms with Crippen molar-refractivity contribution >= 4 is 45.9 Å². The van der Waals surface area contributed by atoms with Crippen LogP contribution in [0.1, 0.15) is 266 Å². The van der Waals surface area contributed by atoms with Crippen molar-refractivity contribution in [2.45, 2.75) is 266 Å². The zero-order valence-electron chi connectivity index (χ0n) is 40.3. The molecule has 0 spiro atoms. The number of hydrogen-bond donors (Lipinski definition) is 2. The Kier molecular flexibility index (Phi) is 68.0. The van der Waals surface area contributed by atoms with Gasteiger partial charge in [0.1, 0.15) is 0 Å². The van der Waals surface area contributed by atoms with Gasteiger partial charge in [0.05, 0.1) is 5.92 Å². The zero-order chi connectivity index (χ0) is 42.2. The lowest BCUT2D eigenvalue weighted by atomic mass is 9.95. The van der Waals surface area contributed by atoms with E-state index in [0.29, 0.717) is 12.8 Å². The van der Waals surface area contributed by atoms with Gasteiger partial charge in [-0.2, -0.15) is 0 Å². The number of carbonyl (C=O) groups is 2. The van der Waals surface area contributed by atoms with Crippen LogP contribution in [0, 0.1) is 5.92 Å². The number of aliphatic carboxylic acids is 2. The van der Waals surface area contributed by atoms with Gasteiger partial charge in [-0.3, -0.25) is 9.59 Å². The molecule has 0 aliphatic rings. The third kappa shape index (κ3) is 62.5. The van der Waals surface area contributed by atoms with Crippen LogP contribution < -0.4 is 0 Å². The predicted molar refractivity (Wildman–Crippen MR) is 269 cm³/mol. The second-order valence-corrected chi connectivity index (χ2v) is 17.3. The van der Waals surface area contributed by atoms with Crippen molar-refractivity contribution in [3.63, 3.8) is 0 Å². The van der Waals surface area contributed by atoms with E-state index in [0.717, 1.165) is 32.1 Å². The first-order valence-electron chi connectivity index (χ1n) is 25.0. The van der Waals surface area contributed by atoms with E-state index in [1.807, 2.05) is 6.92 Å². The fraction of sp³-hybridized carbons (Fsp3) is 0.960. The van der Waals surface area contributed by atoms with Gasteiger partial charge in [0.15, 0.2) is 0 Å². The van der Waals surface area contributed by atoms with Gasteiger partial charge in [-0.25, -0.2) is 0 Å². The summed E-state index contributed by atoms with van der Waals surface area (Å²) < 4.78 is 0. The molecule has 0 saturated carbocycles. The molecule has 0 bridgehead atoms. The Labute approximate surface area is 385 Å². The molecule has 1 atom stereocenters. The molecule has 0 fully saturated rings. The van der Waals surface area contributed by atoms with Crippen LogP contribution in [0.3, 0.4) is 0 Å². The SMILES string of the molecule is Br.Br.CCCCC(CCCCCC(=O)O)C(=O)O.CCCCCCCCCN(C)CCCCCCCCC.CCCCCCCCCN(C)CCCCCCCCC. The average molecular weight is 959 g/mol. The molecular formula is C50H106Br2N2O4. The lowest BCUT2D eigenvalue weighted by Crippen LogP contribution is -2.20. The molecule has 0 radical (unpaired) electrons. The number of hydrogen-bond acceptors (Lipinski definition) is 4.